The van der Waals surface area contributed by atoms with Crippen LogP contribution < -0.4 is 10.6 Å². The lowest BCUT2D eigenvalue weighted by atomic mass is 9.81. The van der Waals surface area contributed by atoms with Crippen LogP contribution in [0.4, 0.5) is 10.3 Å². The quantitative estimate of drug-likeness (QED) is 0.649. The molecule has 0 aliphatic carbocycles. The Hall–Kier alpha value is -1.90. The van der Waals surface area contributed by atoms with Gasteiger partial charge in [-0.3, -0.25) is 14.9 Å². The van der Waals surface area contributed by atoms with Crippen molar-refractivity contribution in [2.24, 2.45) is 11.3 Å². The molecule has 1 atom stereocenters. The first-order chi connectivity index (χ1) is 12.1. The predicted molar refractivity (Wildman–Crippen MR) is 103 cm³/mol. The Bertz CT molecular complexity index is 820. The van der Waals surface area contributed by atoms with E-state index in [1.165, 1.54) is 12.1 Å². The Kier molecular flexibility index (Phi) is 6.44. The normalized spacial score (nSPS) is 12.5. The van der Waals surface area contributed by atoms with Crippen molar-refractivity contribution in [1.29, 1.82) is 0 Å². The Balaban J connectivity index is 2.00. The maximum absolute atomic E-state index is 12.2. The summed E-state index contributed by atoms with van der Waals surface area (Å²) in [5, 5.41) is 24.0. The monoisotopic (exact) mass is 416 g/mol. The van der Waals surface area contributed by atoms with E-state index in [9.17, 15) is 14.7 Å². The molecule has 26 heavy (non-hydrogen) atoms. The standard InChI is InChI=1S/C16H18Cl2N4O3S/c1-16(2,3)9(13(24)25)7-19-14-21-22-15(26-14)20-12(23)8-4-5-10(17)11(18)6-8/h4-6,9H,7H2,1-3H3,(H,19,21)(H,24,25)(H,20,22,23). The molecule has 2 rings (SSSR count). The number of anilines is 2. The van der Waals surface area contributed by atoms with E-state index in [-0.39, 0.29) is 16.7 Å². The second kappa shape index (κ2) is 8.20. The Morgan fingerprint density at radius 1 is 1.19 bits per heavy atom. The maximum Gasteiger partial charge on any atom is 0.308 e. The molecule has 2 aromatic rings. The lowest BCUT2D eigenvalue weighted by Crippen LogP contribution is -2.34. The van der Waals surface area contributed by atoms with Crippen molar-refractivity contribution in [3.8, 4) is 0 Å². The number of carboxylic acid groups (broad SMARTS) is 1. The second-order valence-corrected chi connectivity index (χ2v) is 8.43. The van der Waals surface area contributed by atoms with Gasteiger partial charge in [-0.2, -0.15) is 0 Å². The molecule has 0 bridgehead atoms. The van der Waals surface area contributed by atoms with Gasteiger partial charge in [-0.25, -0.2) is 0 Å². The maximum atomic E-state index is 12.2. The molecule has 0 spiro atoms. The number of benzene rings is 1. The van der Waals surface area contributed by atoms with E-state index in [0.29, 0.717) is 15.7 Å². The topological polar surface area (TPSA) is 104 Å². The number of hydrogen-bond donors (Lipinski definition) is 3. The third kappa shape index (κ3) is 5.30. The van der Waals surface area contributed by atoms with Crippen molar-refractivity contribution < 1.29 is 14.7 Å². The lowest BCUT2D eigenvalue weighted by Gasteiger charge is -2.26. The minimum absolute atomic E-state index is 0.203. The molecule has 0 saturated carbocycles. The molecule has 0 radical (unpaired) electrons. The Morgan fingerprint density at radius 2 is 1.85 bits per heavy atom. The smallest absolute Gasteiger partial charge is 0.308 e. The molecule has 1 unspecified atom stereocenters. The first-order valence-electron chi connectivity index (χ1n) is 7.64. The van der Waals surface area contributed by atoms with Crippen molar-refractivity contribution in [3.63, 3.8) is 0 Å². The van der Waals surface area contributed by atoms with Crippen LogP contribution in [0.15, 0.2) is 18.2 Å². The van der Waals surface area contributed by atoms with E-state index in [4.69, 9.17) is 23.2 Å². The minimum atomic E-state index is -0.886. The average Bonchev–Trinajstić information content (AvgIpc) is 2.95. The zero-order valence-electron chi connectivity index (χ0n) is 14.3. The number of amides is 1. The number of halogens is 2. The summed E-state index contributed by atoms with van der Waals surface area (Å²) < 4.78 is 0. The highest BCUT2D eigenvalue weighted by molar-refractivity contribution is 7.19. The van der Waals surface area contributed by atoms with Gasteiger partial charge in [0.25, 0.3) is 5.91 Å². The van der Waals surface area contributed by atoms with Gasteiger partial charge in [0.15, 0.2) is 0 Å². The van der Waals surface area contributed by atoms with Crippen LogP contribution in [0.3, 0.4) is 0 Å². The van der Waals surface area contributed by atoms with Crippen LogP contribution in [0.25, 0.3) is 0 Å². The summed E-state index contributed by atoms with van der Waals surface area (Å²) in [5.41, 5.74) is -0.0724. The molecule has 1 amide bonds. The Labute approximate surface area is 164 Å². The summed E-state index contributed by atoms with van der Waals surface area (Å²) in [4.78, 5) is 23.6. The van der Waals surface area contributed by atoms with Gasteiger partial charge in [-0.05, 0) is 23.6 Å². The number of nitrogens with zero attached hydrogens (tertiary/aromatic N) is 2. The van der Waals surface area contributed by atoms with E-state index in [0.717, 1.165) is 11.3 Å². The second-order valence-electron chi connectivity index (χ2n) is 6.63. The van der Waals surface area contributed by atoms with Gasteiger partial charge in [-0.1, -0.05) is 55.3 Å². The molecule has 0 aliphatic heterocycles. The molecule has 0 fully saturated rings. The number of carbonyl (C=O) groups is 2. The zero-order valence-corrected chi connectivity index (χ0v) is 16.7. The summed E-state index contributed by atoms with van der Waals surface area (Å²) in [6.07, 6.45) is 0. The van der Waals surface area contributed by atoms with Crippen LogP contribution in [0.1, 0.15) is 31.1 Å². The molecule has 1 heterocycles. The summed E-state index contributed by atoms with van der Waals surface area (Å²) in [5.74, 6) is -1.88. The fourth-order valence-corrected chi connectivity index (χ4v) is 3.05. The highest BCUT2D eigenvalue weighted by Gasteiger charge is 2.31. The van der Waals surface area contributed by atoms with Gasteiger partial charge < -0.3 is 10.4 Å². The summed E-state index contributed by atoms with van der Waals surface area (Å²) in [6.45, 7) is 5.78. The van der Waals surface area contributed by atoms with Gasteiger partial charge in [0.2, 0.25) is 10.3 Å². The molecule has 0 aliphatic rings. The fraction of sp³-hybridized carbons (Fsp3) is 0.375. The first-order valence-corrected chi connectivity index (χ1v) is 9.21. The predicted octanol–water partition coefficient (Wildman–Crippen LogP) is 4.26. The van der Waals surface area contributed by atoms with E-state index < -0.39 is 23.2 Å². The van der Waals surface area contributed by atoms with Crippen molar-refractivity contribution in [1.82, 2.24) is 10.2 Å². The number of carboxylic acids is 1. The molecule has 140 valence electrons. The van der Waals surface area contributed by atoms with Crippen molar-refractivity contribution >= 4 is 56.7 Å². The molecule has 3 N–H and O–H groups in total. The van der Waals surface area contributed by atoms with E-state index in [2.05, 4.69) is 20.8 Å². The van der Waals surface area contributed by atoms with E-state index >= 15 is 0 Å². The number of hydrogen-bond acceptors (Lipinski definition) is 6. The van der Waals surface area contributed by atoms with Gasteiger partial charge in [-0.15, -0.1) is 10.2 Å². The molecule has 0 saturated heterocycles. The number of nitrogens with one attached hydrogen (secondary N) is 2. The highest BCUT2D eigenvalue weighted by atomic mass is 35.5. The number of rotatable bonds is 6. The third-order valence-electron chi connectivity index (χ3n) is 3.63. The summed E-state index contributed by atoms with van der Waals surface area (Å²) in [7, 11) is 0. The number of carbonyl (C=O) groups excluding carboxylic acids is 1. The largest absolute Gasteiger partial charge is 0.481 e. The van der Waals surface area contributed by atoms with E-state index in [1.807, 2.05) is 20.8 Å². The molecular formula is C16H18Cl2N4O3S. The summed E-state index contributed by atoms with van der Waals surface area (Å²) >= 11 is 12.8. The zero-order chi connectivity index (χ0) is 19.5. The van der Waals surface area contributed by atoms with Gasteiger partial charge in [0.05, 0.1) is 16.0 Å². The van der Waals surface area contributed by atoms with E-state index in [1.54, 1.807) is 6.07 Å². The molecular weight excluding hydrogens is 399 g/mol. The van der Waals surface area contributed by atoms with Gasteiger partial charge in [0.1, 0.15) is 0 Å². The van der Waals surface area contributed by atoms with Gasteiger partial charge >= 0.3 is 5.97 Å². The summed E-state index contributed by atoms with van der Waals surface area (Å²) in [6, 6.07) is 4.54. The molecule has 1 aromatic heterocycles. The van der Waals surface area contributed by atoms with Crippen LogP contribution in [-0.4, -0.2) is 33.7 Å². The van der Waals surface area contributed by atoms with Crippen molar-refractivity contribution in [2.75, 3.05) is 17.2 Å². The molecule has 1 aromatic carbocycles. The van der Waals surface area contributed by atoms with Crippen LogP contribution in [0.5, 0.6) is 0 Å². The van der Waals surface area contributed by atoms with Crippen LogP contribution >= 0.6 is 34.5 Å². The van der Waals surface area contributed by atoms with Gasteiger partial charge in [0, 0.05) is 12.1 Å². The average molecular weight is 417 g/mol. The van der Waals surface area contributed by atoms with Crippen LogP contribution in [-0.2, 0) is 4.79 Å². The highest BCUT2D eigenvalue weighted by Crippen LogP contribution is 2.28. The lowest BCUT2D eigenvalue weighted by molar-refractivity contribution is -0.144. The third-order valence-corrected chi connectivity index (χ3v) is 5.16. The number of aliphatic carboxylic acids is 1. The van der Waals surface area contributed by atoms with Crippen LogP contribution in [0, 0.1) is 11.3 Å². The minimum Gasteiger partial charge on any atom is -0.481 e. The molecule has 10 heteroatoms. The Morgan fingerprint density at radius 3 is 2.42 bits per heavy atom. The van der Waals surface area contributed by atoms with Crippen molar-refractivity contribution in [3.05, 3.63) is 33.8 Å². The van der Waals surface area contributed by atoms with Crippen molar-refractivity contribution in [2.45, 2.75) is 20.8 Å². The SMILES string of the molecule is CC(C)(C)C(CNc1nnc(NC(=O)c2ccc(Cl)c(Cl)c2)s1)C(=O)O. The fourth-order valence-electron chi connectivity index (χ4n) is 2.11. The molecule has 7 nitrogen and oxygen atoms in total. The van der Waals surface area contributed by atoms with Crippen LogP contribution in [0.2, 0.25) is 10.0 Å². The number of aromatic nitrogens is 2. The first kappa shape index (κ1) is 20.4.